The lowest BCUT2D eigenvalue weighted by atomic mass is 9.98. The Hall–Kier alpha value is -3.31. The molecular formula is C25H29ClN6O2. The first kappa shape index (κ1) is 23.8. The average Bonchev–Trinajstić information content (AvgIpc) is 3.54. The van der Waals surface area contributed by atoms with Crippen molar-refractivity contribution in [2.75, 3.05) is 31.6 Å². The summed E-state index contributed by atoms with van der Waals surface area (Å²) >= 11 is 6.19. The molecule has 0 N–H and O–H groups in total. The molecule has 2 aliphatic rings. The minimum atomic E-state index is -0.0998. The van der Waals surface area contributed by atoms with Crippen molar-refractivity contribution in [2.45, 2.75) is 45.1 Å². The van der Waals surface area contributed by atoms with E-state index in [4.69, 9.17) is 31.7 Å². The number of hydrogen-bond donors (Lipinski definition) is 0. The van der Waals surface area contributed by atoms with Gasteiger partial charge in [0, 0.05) is 49.1 Å². The van der Waals surface area contributed by atoms with E-state index in [1.165, 1.54) is 12.8 Å². The summed E-state index contributed by atoms with van der Waals surface area (Å²) in [6, 6.07) is 7.10. The number of anilines is 1. The largest absolute Gasteiger partial charge is 0.496 e. The number of likely N-dealkylation sites (tertiary alicyclic amines) is 1. The Morgan fingerprint density at radius 3 is 2.62 bits per heavy atom. The Morgan fingerprint density at radius 1 is 1.15 bits per heavy atom. The highest BCUT2D eigenvalue weighted by Crippen LogP contribution is 2.34. The fraction of sp³-hybridized carbons (Fsp3) is 0.440. The Bertz CT molecular complexity index is 1200. The first-order chi connectivity index (χ1) is 16.5. The van der Waals surface area contributed by atoms with E-state index in [-0.39, 0.29) is 11.9 Å². The van der Waals surface area contributed by atoms with Gasteiger partial charge in [-0.25, -0.2) is 14.8 Å². The Kier molecular flexibility index (Phi) is 7.23. The Labute approximate surface area is 204 Å². The zero-order chi connectivity index (χ0) is 24.2. The molecule has 0 saturated carbocycles. The smallest absolute Gasteiger partial charge is 0.258 e. The average molecular weight is 481 g/mol. The fourth-order valence-corrected chi connectivity index (χ4v) is 5.09. The lowest BCUT2D eigenvalue weighted by Gasteiger charge is -2.35. The second kappa shape index (κ2) is 10.3. The minimum absolute atomic E-state index is 0.0759. The van der Waals surface area contributed by atoms with Gasteiger partial charge in [-0.3, -0.25) is 4.79 Å². The third-order valence-electron chi connectivity index (χ3n) is 6.53. The highest BCUT2D eigenvalue weighted by Gasteiger charge is 2.32. The number of amides is 1. The number of halogens is 1. The van der Waals surface area contributed by atoms with Crippen LogP contribution in [0, 0.1) is 18.8 Å². The maximum Gasteiger partial charge on any atom is 0.258 e. The van der Waals surface area contributed by atoms with Gasteiger partial charge in [-0.15, -0.1) is 0 Å². The van der Waals surface area contributed by atoms with Gasteiger partial charge in [-0.05, 0) is 57.2 Å². The molecule has 1 amide bonds. The molecule has 0 spiro atoms. The van der Waals surface area contributed by atoms with Crippen LogP contribution in [0.5, 0.6) is 5.75 Å². The van der Waals surface area contributed by atoms with Crippen molar-refractivity contribution in [1.82, 2.24) is 19.5 Å². The van der Waals surface area contributed by atoms with Gasteiger partial charge < -0.3 is 14.5 Å². The number of nitrogens with zero attached hydrogens (tertiary/aromatic N) is 6. The van der Waals surface area contributed by atoms with Crippen molar-refractivity contribution in [3.8, 4) is 12.3 Å². The molecule has 178 valence electrons. The summed E-state index contributed by atoms with van der Waals surface area (Å²) in [7, 11) is 1.57. The van der Waals surface area contributed by atoms with E-state index in [1.54, 1.807) is 25.3 Å². The van der Waals surface area contributed by atoms with Gasteiger partial charge in [0.05, 0.1) is 24.4 Å². The maximum atomic E-state index is 13.5. The third-order valence-corrected chi connectivity index (χ3v) is 6.76. The highest BCUT2D eigenvalue weighted by atomic mass is 35.5. The quantitative estimate of drug-likeness (QED) is 0.532. The summed E-state index contributed by atoms with van der Waals surface area (Å²) < 4.78 is 7.28. The lowest BCUT2D eigenvalue weighted by molar-refractivity contribution is 0.0602. The zero-order valence-corrected chi connectivity index (χ0v) is 20.3. The molecule has 0 radical (unpaired) electrons. The standard InChI is InChI=1S/C24H28ClN5O2.CHN/c1-16-15-30-22(26-23(16)28-10-5-6-11-28)14-19(27-30)20-7-3-4-12-29(20)24(31)18-13-17(25)8-9-21(18)32-2;1-2/h8-9,13-15,20H,3-7,10-12H2,1-2H3;1H. The number of fused-ring (bicyclic) bond motifs is 1. The number of hydrogen-bond acceptors (Lipinski definition) is 6. The second-order valence-electron chi connectivity index (χ2n) is 8.67. The van der Waals surface area contributed by atoms with Gasteiger partial charge in [0.1, 0.15) is 11.6 Å². The SMILES string of the molecule is C#N.COc1ccc(Cl)cc1C(=O)N1CCCCC1c1cc2nc(N3CCCC3)c(C)cn2n1. The van der Waals surface area contributed by atoms with Gasteiger partial charge in [-0.2, -0.15) is 5.10 Å². The van der Waals surface area contributed by atoms with Crippen LogP contribution in [-0.4, -0.2) is 52.1 Å². The normalized spacial score (nSPS) is 18.0. The summed E-state index contributed by atoms with van der Waals surface area (Å²) in [6.45, 7) is 8.37. The van der Waals surface area contributed by atoms with Crippen molar-refractivity contribution >= 4 is 29.0 Å². The summed E-state index contributed by atoms with van der Waals surface area (Å²) in [5.41, 5.74) is 3.31. The predicted molar refractivity (Wildman–Crippen MR) is 131 cm³/mol. The number of ether oxygens (including phenoxy) is 1. The van der Waals surface area contributed by atoms with E-state index in [0.29, 0.717) is 22.9 Å². The summed E-state index contributed by atoms with van der Waals surface area (Å²) in [5, 5.41) is 11.9. The molecule has 4 heterocycles. The van der Waals surface area contributed by atoms with Crippen molar-refractivity contribution in [2.24, 2.45) is 0 Å². The first-order valence-corrected chi connectivity index (χ1v) is 11.9. The number of carbonyl (C=O) groups excluding carboxylic acids is 1. The highest BCUT2D eigenvalue weighted by molar-refractivity contribution is 6.31. The van der Waals surface area contributed by atoms with Crippen LogP contribution in [0.25, 0.3) is 5.65 Å². The van der Waals surface area contributed by atoms with Gasteiger partial charge >= 0.3 is 0 Å². The van der Waals surface area contributed by atoms with Crippen LogP contribution in [-0.2, 0) is 0 Å². The van der Waals surface area contributed by atoms with Crippen LogP contribution >= 0.6 is 11.6 Å². The number of benzene rings is 1. The van der Waals surface area contributed by atoms with Crippen LogP contribution in [0.4, 0.5) is 5.82 Å². The number of aryl methyl sites for hydroxylation is 1. The first-order valence-electron chi connectivity index (χ1n) is 11.6. The zero-order valence-electron chi connectivity index (χ0n) is 19.6. The molecule has 5 rings (SSSR count). The third kappa shape index (κ3) is 4.53. The van der Waals surface area contributed by atoms with E-state index in [1.807, 2.05) is 15.5 Å². The predicted octanol–water partition coefficient (Wildman–Crippen LogP) is 4.81. The molecular weight excluding hydrogens is 452 g/mol. The molecule has 8 nitrogen and oxygen atoms in total. The molecule has 1 unspecified atom stereocenters. The number of piperidine rings is 1. The van der Waals surface area contributed by atoms with E-state index in [2.05, 4.69) is 24.6 Å². The van der Waals surface area contributed by atoms with E-state index >= 15 is 0 Å². The van der Waals surface area contributed by atoms with Gasteiger partial charge in [0.25, 0.3) is 5.91 Å². The van der Waals surface area contributed by atoms with Gasteiger partial charge in [0.2, 0.25) is 0 Å². The van der Waals surface area contributed by atoms with Crippen LogP contribution in [0.1, 0.15) is 59.8 Å². The molecule has 0 aliphatic carbocycles. The number of methoxy groups -OCH3 is 1. The molecule has 1 aromatic carbocycles. The van der Waals surface area contributed by atoms with Crippen LogP contribution < -0.4 is 9.64 Å². The van der Waals surface area contributed by atoms with Crippen molar-refractivity contribution < 1.29 is 9.53 Å². The van der Waals surface area contributed by atoms with Crippen LogP contribution in [0.2, 0.25) is 5.02 Å². The van der Waals surface area contributed by atoms with E-state index < -0.39 is 0 Å². The van der Waals surface area contributed by atoms with Gasteiger partial charge in [-0.1, -0.05) is 11.6 Å². The van der Waals surface area contributed by atoms with Crippen molar-refractivity contribution in [3.63, 3.8) is 0 Å². The lowest BCUT2D eigenvalue weighted by Crippen LogP contribution is -2.38. The van der Waals surface area contributed by atoms with E-state index in [9.17, 15) is 4.79 Å². The fourth-order valence-electron chi connectivity index (χ4n) is 4.92. The van der Waals surface area contributed by atoms with E-state index in [0.717, 1.165) is 55.1 Å². The maximum absolute atomic E-state index is 13.5. The van der Waals surface area contributed by atoms with Crippen molar-refractivity contribution in [3.05, 3.63) is 52.3 Å². The molecule has 2 aromatic heterocycles. The number of nitriles is 1. The molecule has 34 heavy (non-hydrogen) atoms. The number of carbonyl (C=O) groups is 1. The number of aromatic nitrogens is 3. The molecule has 2 saturated heterocycles. The molecule has 9 heteroatoms. The minimum Gasteiger partial charge on any atom is -0.496 e. The van der Waals surface area contributed by atoms with Crippen LogP contribution in [0.15, 0.2) is 30.5 Å². The summed E-state index contributed by atoms with van der Waals surface area (Å²) in [5.74, 6) is 1.50. The van der Waals surface area contributed by atoms with Gasteiger partial charge in [0.15, 0.2) is 5.65 Å². The summed E-state index contributed by atoms with van der Waals surface area (Å²) in [4.78, 5) is 22.7. The molecule has 3 aromatic rings. The molecule has 1 atom stereocenters. The Morgan fingerprint density at radius 2 is 1.88 bits per heavy atom. The topological polar surface area (TPSA) is 86.8 Å². The summed E-state index contributed by atoms with van der Waals surface area (Å²) in [6.07, 6.45) is 7.37. The molecule has 2 aliphatic heterocycles. The Balaban J connectivity index is 0.00000133. The monoisotopic (exact) mass is 480 g/mol. The van der Waals surface area contributed by atoms with Crippen LogP contribution in [0.3, 0.4) is 0 Å². The molecule has 2 fully saturated rings. The number of rotatable bonds is 4. The second-order valence-corrected chi connectivity index (χ2v) is 9.10. The molecule has 0 bridgehead atoms. The van der Waals surface area contributed by atoms with Crippen molar-refractivity contribution in [1.29, 1.82) is 5.26 Å².